The number of thiazole rings is 1. The van der Waals surface area contributed by atoms with E-state index in [1.165, 1.54) is 23.1 Å². The van der Waals surface area contributed by atoms with Gasteiger partial charge in [-0.05, 0) is 37.1 Å². The standard InChI is InChI=1S/C21H19F3N6OS/c1-11-6-14-17(32-10-25-14)7-13(11)20(31)30-5-4-12-15(9-30)26-29(3)19(12)16-8-18(21(22,23)24)27-28(16)2/h6-8,10H,4-5,9H2,1-3H3. The van der Waals surface area contributed by atoms with Crippen LogP contribution in [0.15, 0.2) is 23.7 Å². The number of benzene rings is 1. The molecular formula is C21H19F3N6OS. The zero-order valence-corrected chi connectivity index (χ0v) is 18.4. The molecule has 5 rings (SSSR count). The second kappa shape index (κ2) is 7.16. The molecule has 7 nitrogen and oxygen atoms in total. The van der Waals surface area contributed by atoms with Crippen LogP contribution in [0, 0.1) is 6.92 Å². The van der Waals surface area contributed by atoms with Gasteiger partial charge in [0.05, 0.1) is 39.4 Å². The third-order valence-electron chi connectivity index (χ3n) is 5.81. The predicted octanol–water partition coefficient (Wildman–Crippen LogP) is 3.96. The summed E-state index contributed by atoms with van der Waals surface area (Å²) in [4.78, 5) is 19.3. The summed E-state index contributed by atoms with van der Waals surface area (Å²) in [5.74, 6) is -0.0875. The van der Waals surface area contributed by atoms with Crippen LogP contribution in [0.25, 0.3) is 21.6 Å². The second-order valence-corrected chi connectivity index (χ2v) is 8.78. The number of carbonyl (C=O) groups excluding carboxylic acids is 1. The van der Waals surface area contributed by atoms with E-state index in [0.717, 1.165) is 27.4 Å². The molecule has 0 aliphatic carbocycles. The molecule has 0 unspecified atom stereocenters. The predicted molar refractivity (Wildman–Crippen MR) is 113 cm³/mol. The van der Waals surface area contributed by atoms with Crippen LogP contribution >= 0.6 is 11.3 Å². The van der Waals surface area contributed by atoms with Crippen LogP contribution < -0.4 is 0 Å². The van der Waals surface area contributed by atoms with Crippen molar-refractivity contribution in [1.29, 1.82) is 0 Å². The first-order chi connectivity index (χ1) is 15.1. The van der Waals surface area contributed by atoms with Gasteiger partial charge in [-0.1, -0.05) is 0 Å². The highest BCUT2D eigenvalue weighted by Gasteiger charge is 2.36. The minimum Gasteiger partial charge on any atom is -0.332 e. The maximum Gasteiger partial charge on any atom is 0.435 e. The van der Waals surface area contributed by atoms with Gasteiger partial charge in [0.2, 0.25) is 0 Å². The average Bonchev–Trinajstić information content (AvgIpc) is 3.41. The van der Waals surface area contributed by atoms with E-state index in [0.29, 0.717) is 42.2 Å². The molecule has 1 amide bonds. The van der Waals surface area contributed by atoms with Crippen molar-refractivity contribution in [2.75, 3.05) is 6.54 Å². The number of alkyl halides is 3. The lowest BCUT2D eigenvalue weighted by Crippen LogP contribution is -2.36. The van der Waals surface area contributed by atoms with E-state index in [1.807, 2.05) is 19.1 Å². The van der Waals surface area contributed by atoms with Gasteiger partial charge in [-0.25, -0.2) is 4.98 Å². The number of amides is 1. The van der Waals surface area contributed by atoms with E-state index in [4.69, 9.17) is 0 Å². The SMILES string of the molecule is Cc1cc2ncsc2cc1C(=O)N1CCc2c(nn(C)c2-c2cc(C(F)(F)F)nn2C)C1. The number of halogens is 3. The lowest BCUT2D eigenvalue weighted by atomic mass is 10.0. The van der Waals surface area contributed by atoms with E-state index >= 15 is 0 Å². The maximum atomic E-state index is 13.3. The molecule has 0 saturated heterocycles. The summed E-state index contributed by atoms with van der Waals surface area (Å²) in [6.07, 6.45) is -4.02. The Kier molecular flexibility index (Phi) is 4.63. The van der Waals surface area contributed by atoms with Gasteiger partial charge in [0.25, 0.3) is 5.91 Å². The van der Waals surface area contributed by atoms with E-state index in [-0.39, 0.29) is 5.91 Å². The van der Waals surface area contributed by atoms with Gasteiger partial charge in [0.1, 0.15) is 0 Å². The maximum absolute atomic E-state index is 13.3. The van der Waals surface area contributed by atoms with Crippen molar-refractivity contribution < 1.29 is 18.0 Å². The first-order valence-electron chi connectivity index (χ1n) is 9.93. The normalized spacial score (nSPS) is 14.2. The number of hydrogen-bond donors (Lipinski definition) is 0. The van der Waals surface area contributed by atoms with Crippen molar-refractivity contribution in [2.45, 2.75) is 26.1 Å². The Morgan fingerprint density at radius 1 is 1.12 bits per heavy atom. The molecular weight excluding hydrogens is 441 g/mol. The number of nitrogens with zero attached hydrogens (tertiary/aromatic N) is 6. The Morgan fingerprint density at radius 3 is 2.62 bits per heavy atom. The number of rotatable bonds is 2. The van der Waals surface area contributed by atoms with Crippen LogP contribution in [0.5, 0.6) is 0 Å². The molecule has 166 valence electrons. The molecule has 1 aliphatic heterocycles. The Balaban J connectivity index is 1.47. The lowest BCUT2D eigenvalue weighted by molar-refractivity contribution is -0.141. The molecule has 0 fully saturated rings. The van der Waals surface area contributed by atoms with Crippen molar-refractivity contribution in [2.24, 2.45) is 14.1 Å². The zero-order chi connectivity index (χ0) is 22.8. The highest BCUT2D eigenvalue weighted by atomic mass is 32.1. The Hall–Kier alpha value is -3.21. The summed E-state index contributed by atoms with van der Waals surface area (Å²) in [5, 5.41) is 8.15. The largest absolute Gasteiger partial charge is 0.435 e. The number of hydrogen-bond acceptors (Lipinski definition) is 5. The molecule has 1 aliphatic rings. The quantitative estimate of drug-likeness (QED) is 0.454. The number of aryl methyl sites for hydroxylation is 3. The molecule has 4 heterocycles. The smallest absolute Gasteiger partial charge is 0.332 e. The van der Waals surface area contributed by atoms with Gasteiger partial charge >= 0.3 is 6.18 Å². The van der Waals surface area contributed by atoms with Crippen LogP contribution in [0.2, 0.25) is 0 Å². The van der Waals surface area contributed by atoms with E-state index in [9.17, 15) is 18.0 Å². The van der Waals surface area contributed by atoms with Crippen molar-refractivity contribution >= 4 is 27.5 Å². The topological polar surface area (TPSA) is 68.8 Å². The summed E-state index contributed by atoms with van der Waals surface area (Å²) in [7, 11) is 3.18. The van der Waals surface area contributed by atoms with Crippen LogP contribution in [-0.2, 0) is 33.2 Å². The molecule has 0 atom stereocenters. The van der Waals surface area contributed by atoms with Gasteiger partial charge in [0.15, 0.2) is 5.69 Å². The molecule has 0 spiro atoms. The van der Waals surface area contributed by atoms with Crippen molar-refractivity contribution in [3.8, 4) is 11.4 Å². The number of aromatic nitrogens is 5. The summed E-state index contributed by atoms with van der Waals surface area (Å²) in [5.41, 5.74) is 5.65. The van der Waals surface area contributed by atoms with Crippen molar-refractivity contribution in [3.05, 3.63) is 51.8 Å². The molecule has 0 saturated carbocycles. The minimum absolute atomic E-state index is 0.0875. The third-order valence-corrected chi connectivity index (χ3v) is 6.60. The first kappa shape index (κ1) is 20.7. The minimum atomic E-state index is -4.52. The molecule has 0 N–H and O–H groups in total. The van der Waals surface area contributed by atoms with Crippen molar-refractivity contribution in [1.82, 2.24) is 29.4 Å². The van der Waals surface area contributed by atoms with Crippen molar-refractivity contribution in [3.63, 3.8) is 0 Å². The van der Waals surface area contributed by atoms with Gasteiger partial charge < -0.3 is 4.90 Å². The lowest BCUT2D eigenvalue weighted by Gasteiger charge is -2.27. The average molecular weight is 460 g/mol. The number of carbonyl (C=O) groups is 1. The van der Waals surface area contributed by atoms with E-state index < -0.39 is 11.9 Å². The summed E-state index contributed by atoms with van der Waals surface area (Å²) in [6, 6.07) is 4.83. The molecule has 11 heteroatoms. The highest BCUT2D eigenvalue weighted by Crippen LogP contribution is 2.35. The van der Waals surface area contributed by atoms with Gasteiger partial charge in [-0.15, -0.1) is 11.3 Å². The molecule has 3 aromatic heterocycles. The van der Waals surface area contributed by atoms with Gasteiger partial charge in [-0.2, -0.15) is 23.4 Å². The van der Waals surface area contributed by atoms with Crippen LogP contribution in [0.1, 0.15) is 32.9 Å². The van der Waals surface area contributed by atoms with Crippen LogP contribution in [-0.4, -0.2) is 41.9 Å². The Labute approximate surface area is 185 Å². The molecule has 32 heavy (non-hydrogen) atoms. The fourth-order valence-corrected chi connectivity index (χ4v) is 4.95. The Bertz CT molecular complexity index is 1370. The van der Waals surface area contributed by atoms with Crippen LogP contribution in [0.4, 0.5) is 13.2 Å². The fraction of sp³-hybridized carbons (Fsp3) is 0.333. The number of fused-ring (bicyclic) bond motifs is 2. The van der Waals surface area contributed by atoms with Crippen LogP contribution in [0.3, 0.4) is 0 Å². The van der Waals surface area contributed by atoms with Gasteiger partial charge in [-0.3, -0.25) is 14.2 Å². The summed E-state index contributed by atoms with van der Waals surface area (Å²) < 4.78 is 43.1. The van der Waals surface area contributed by atoms with E-state index in [1.54, 1.807) is 22.1 Å². The third kappa shape index (κ3) is 3.27. The zero-order valence-electron chi connectivity index (χ0n) is 17.6. The molecule has 1 aromatic carbocycles. The van der Waals surface area contributed by atoms with E-state index in [2.05, 4.69) is 15.2 Å². The molecule has 0 bridgehead atoms. The summed E-state index contributed by atoms with van der Waals surface area (Å²) in [6.45, 7) is 2.64. The first-order valence-corrected chi connectivity index (χ1v) is 10.8. The monoisotopic (exact) mass is 460 g/mol. The second-order valence-electron chi connectivity index (χ2n) is 7.90. The fourth-order valence-electron chi connectivity index (χ4n) is 4.25. The highest BCUT2D eigenvalue weighted by molar-refractivity contribution is 7.16. The van der Waals surface area contributed by atoms with Gasteiger partial charge in [0, 0.05) is 31.8 Å². The molecule has 0 radical (unpaired) electrons. The molecule has 4 aromatic rings. The Morgan fingerprint density at radius 2 is 1.91 bits per heavy atom. The summed E-state index contributed by atoms with van der Waals surface area (Å²) >= 11 is 1.48.